The molecule has 0 aromatic heterocycles. The first-order valence-corrected chi connectivity index (χ1v) is 6.94. The van der Waals surface area contributed by atoms with E-state index in [1.165, 1.54) is 0 Å². The Labute approximate surface area is 86.4 Å². The standard InChI is InChI=1S/C9H20N2O2S/c1-8(10)9(2)11-4-3-6-14(12,13)7-5-11/h8-9H,3-7,10H2,1-2H3. The van der Waals surface area contributed by atoms with E-state index >= 15 is 0 Å². The first-order valence-electron chi connectivity index (χ1n) is 5.12. The predicted octanol–water partition coefficient (Wildman–Crippen LogP) is -0.157. The fraction of sp³-hybridized carbons (Fsp3) is 1.00. The molecule has 1 rings (SSSR count). The largest absolute Gasteiger partial charge is 0.327 e. The molecule has 14 heavy (non-hydrogen) atoms. The molecule has 0 saturated carbocycles. The molecule has 0 spiro atoms. The highest BCUT2D eigenvalue weighted by Crippen LogP contribution is 2.09. The minimum atomic E-state index is -2.79. The van der Waals surface area contributed by atoms with Crippen LogP contribution in [0.15, 0.2) is 0 Å². The van der Waals surface area contributed by atoms with Gasteiger partial charge in [-0.1, -0.05) is 0 Å². The third-order valence-corrected chi connectivity index (χ3v) is 4.64. The van der Waals surface area contributed by atoms with E-state index in [9.17, 15) is 8.42 Å². The molecule has 0 aliphatic carbocycles. The normalized spacial score (nSPS) is 27.9. The quantitative estimate of drug-likeness (QED) is 0.702. The molecule has 2 N–H and O–H groups in total. The van der Waals surface area contributed by atoms with Crippen molar-refractivity contribution in [3.63, 3.8) is 0 Å². The highest BCUT2D eigenvalue weighted by Gasteiger charge is 2.23. The van der Waals surface area contributed by atoms with E-state index in [2.05, 4.69) is 11.8 Å². The van der Waals surface area contributed by atoms with Crippen molar-refractivity contribution in [1.82, 2.24) is 4.90 Å². The van der Waals surface area contributed by atoms with Crippen LogP contribution in [0.5, 0.6) is 0 Å². The molecule has 1 aliphatic heterocycles. The van der Waals surface area contributed by atoms with E-state index < -0.39 is 9.84 Å². The van der Waals surface area contributed by atoms with Crippen molar-refractivity contribution in [2.45, 2.75) is 32.4 Å². The Morgan fingerprint density at radius 3 is 2.43 bits per heavy atom. The lowest BCUT2D eigenvalue weighted by Crippen LogP contribution is -2.45. The van der Waals surface area contributed by atoms with Crippen LogP contribution in [-0.2, 0) is 9.84 Å². The Morgan fingerprint density at radius 2 is 1.86 bits per heavy atom. The second kappa shape index (κ2) is 4.59. The predicted molar refractivity (Wildman–Crippen MR) is 58.0 cm³/mol. The minimum absolute atomic E-state index is 0.0933. The van der Waals surface area contributed by atoms with Crippen LogP contribution >= 0.6 is 0 Å². The van der Waals surface area contributed by atoms with Gasteiger partial charge in [-0.25, -0.2) is 8.42 Å². The average molecular weight is 220 g/mol. The van der Waals surface area contributed by atoms with Crippen LogP contribution in [0.25, 0.3) is 0 Å². The highest BCUT2D eigenvalue weighted by atomic mass is 32.2. The Bertz CT molecular complexity index is 275. The summed E-state index contributed by atoms with van der Waals surface area (Å²) in [5.74, 6) is 0.610. The van der Waals surface area contributed by atoms with Gasteiger partial charge in [0.15, 0.2) is 9.84 Å². The zero-order chi connectivity index (χ0) is 10.8. The van der Waals surface area contributed by atoms with Gasteiger partial charge in [0.25, 0.3) is 0 Å². The van der Waals surface area contributed by atoms with Crippen LogP contribution in [0.4, 0.5) is 0 Å². The second-order valence-corrected chi connectivity index (χ2v) is 6.44. The summed E-state index contributed by atoms with van der Waals surface area (Å²) in [6.07, 6.45) is 0.736. The highest BCUT2D eigenvalue weighted by molar-refractivity contribution is 7.91. The van der Waals surface area contributed by atoms with E-state index in [0.717, 1.165) is 13.0 Å². The van der Waals surface area contributed by atoms with Gasteiger partial charge in [-0.3, -0.25) is 4.90 Å². The summed E-state index contributed by atoms with van der Waals surface area (Å²) < 4.78 is 22.7. The van der Waals surface area contributed by atoms with Gasteiger partial charge in [0.05, 0.1) is 11.5 Å². The minimum Gasteiger partial charge on any atom is -0.327 e. The topological polar surface area (TPSA) is 63.4 Å². The molecule has 5 heteroatoms. The second-order valence-electron chi connectivity index (χ2n) is 4.14. The number of nitrogens with zero attached hydrogens (tertiary/aromatic N) is 1. The van der Waals surface area contributed by atoms with Crippen LogP contribution in [0, 0.1) is 0 Å². The summed E-state index contributed by atoms with van der Waals surface area (Å²) in [5, 5.41) is 0. The Balaban J connectivity index is 2.58. The number of nitrogens with two attached hydrogens (primary N) is 1. The molecular weight excluding hydrogens is 200 g/mol. The first-order chi connectivity index (χ1) is 6.42. The van der Waals surface area contributed by atoms with E-state index in [-0.39, 0.29) is 17.8 Å². The maximum absolute atomic E-state index is 11.4. The average Bonchev–Trinajstić information content (AvgIpc) is 2.25. The van der Waals surface area contributed by atoms with E-state index in [0.29, 0.717) is 12.3 Å². The number of rotatable bonds is 2. The van der Waals surface area contributed by atoms with E-state index in [1.807, 2.05) is 6.92 Å². The summed E-state index contributed by atoms with van der Waals surface area (Å²) in [7, 11) is -2.79. The number of hydrogen-bond acceptors (Lipinski definition) is 4. The maximum atomic E-state index is 11.4. The van der Waals surface area contributed by atoms with Crippen molar-refractivity contribution in [2.75, 3.05) is 24.6 Å². The molecule has 1 saturated heterocycles. The van der Waals surface area contributed by atoms with Crippen LogP contribution in [-0.4, -0.2) is 50.0 Å². The molecule has 1 heterocycles. The molecule has 2 unspecified atom stereocenters. The van der Waals surface area contributed by atoms with E-state index in [4.69, 9.17) is 5.73 Å². The van der Waals surface area contributed by atoms with Crippen molar-refractivity contribution in [1.29, 1.82) is 0 Å². The monoisotopic (exact) mass is 220 g/mol. The van der Waals surface area contributed by atoms with Gasteiger partial charge in [0.1, 0.15) is 0 Å². The molecular formula is C9H20N2O2S. The van der Waals surface area contributed by atoms with Crippen molar-refractivity contribution in [2.24, 2.45) is 5.73 Å². The lowest BCUT2D eigenvalue weighted by atomic mass is 10.1. The Morgan fingerprint density at radius 1 is 1.21 bits per heavy atom. The molecule has 1 aliphatic rings. The Hall–Kier alpha value is -0.130. The van der Waals surface area contributed by atoms with Crippen molar-refractivity contribution >= 4 is 9.84 Å². The molecule has 4 nitrogen and oxygen atoms in total. The fourth-order valence-electron chi connectivity index (χ4n) is 1.70. The van der Waals surface area contributed by atoms with Crippen molar-refractivity contribution in [3.05, 3.63) is 0 Å². The van der Waals surface area contributed by atoms with Gasteiger partial charge in [-0.15, -0.1) is 0 Å². The van der Waals surface area contributed by atoms with Gasteiger partial charge >= 0.3 is 0 Å². The van der Waals surface area contributed by atoms with Crippen LogP contribution in [0.3, 0.4) is 0 Å². The summed E-state index contributed by atoms with van der Waals surface area (Å²) in [6.45, 7) is 5.50. The number of hydrogen-bond donors (Lipinski definition) is 1. The Kier molecular flexibility index (Phi) is 3.92. The molecule has 0 aromatic rings. The summed E-state index contributed by atoms with van der Waals surface area (Å²) in [6, 6.07) is 0.360. The zero-order valence-corrected chi connectivity index (χ0v) is 9.76. The molecule has 0 aromatic carbocycles. The zero-order valence-electron chi connectivity index (χ0n) is 8.94. The first kappa shape index (κ1) is 11.9. The molecule has 2 atom stereocenters. The van der Waals surface area contributed by atoms with Gasteiger partial charge in [0.2, 0.25) is 0 Å². The molecule has 0 bridgehead atoms. The third-order valence-electron chi connectivity index (χ3n) is 2.93. The van der Waals surface area contributed by atoms with Crippen LogP contribution < -0.4 is 5.73 Å². The lowest BCUT2D eigenvalue weighted by Gasteiger charge is -2.29. The van der Waals surface area contributed by atoms with Gasteiger partial charge in [-0.2, -0.15) is 0 Å². The molecule has 84 valence electrons. The molecule has 0 amide bonds. The van der Waals surface area contributed by atoms with Gasteiger partial charge in [-0.05, 0) is 26.8 Å². The van der Waals surface area contributed by atoms with Gasteiger partial charge in [0, 0.05) is 18.6 Å². The fourth-order valence-corrected chi connectivity index (χ4v) is 2.98. The van der Waals surface area contributed by atoms with Crippen LogP contribution in [0.1, 0.15) is 20.3 Å². The smallest absolute Gasteiger partial charge is 0.151 e. The number of sulfone groups is 1. The SMILES string of the molecule is CC(N)C(C)N1CCCS(=O)(=O)CC1. The van der Waals surface area contributed by atoms with E-state index in [1.54, 1.807) is 0 Å². The van der Waals surface area contributed by atoms with Crippen molar-refractivity contribution < 1.29 is 8.42 Å². The lowest BCUT2D eigenvalue weighted by molar-refractivity contribution is 0.203. The van der Waals surface area contributed by atoms with Gasteiger partial charge < -0.3 is 5.73 Å². The summed E-state index contributed by atoms with van der Waals surface area (Å²) in [5.41, 5.74) is 5.79. The summed E-state index contributed by atoms with van der Waals surface area (Å²) in [4.78, 5) is 2.18. The molecule has 1 fully saturated rings. The van der Waals surface area contributed by atoms with Crippen molar-refractivity contribution in [3.8, 4) is 0 Å². The van der Waals surface area contributed by atoms with Crippen LogP contribution in [0.2, 0.25) is 0 Å². The summed E-state index contributed by atoms with van der Waals surface area (Å²) >= 11 is 0. The third kappa shape index (κ3) is 3.22. The molecule has 0 radical (unpaired) electrons. The maximum Gasteiger partial charge on any atom is 0.151 e.